The first-order valence-corrected chi connectivity index (χ1v) is 41.4. The zero-order chi connectivity index (χ0) is 77.7. The van der Waals surface area contributed by atoms with Gasteiger partial charge in [0.15, 0.2) is 0 Å². The summed E-state index contributed by atoms with van der Waals surface area (Å²) < 4.78 is 48.9. The van der Waals surface area contributed by atoms with Crippen molar-refractivity contribution in [2.75, 3.05) is 56.9 Å². The van der Waals surface area contributed by atoms with Gasteiger partial charge < -0.3 is 37.9 Å². The van der Waals surface area contributed by atoms with Gasteiger partial charge in [0, 0.05) is 45.5 Å². The Bertz CT molecular complexity index is 4340. The van der Waals surface area contributed by atoms with Gasteiger partial charge in [0.25, 0.3) is 0 Å². The Morgan fingerprint density at radius 1 is 0.167 bits per heavy atom. The van der Waals surface area contributed by atoms with Crippen LogP contribution in [0.15, 0.2) is 170 Å². The molecule has 0 saturated heterocycles. The van der Waals surface area contributed by atoms with Crippen LogP contribution < -0.4 is 102 Å². The van der Waals surface area contributed by atoms with Gasteiger partial charge in [0.05, 0.1) is 79.1 Å². The number of hydrogen-bond acceptors (Lipinski definition) is 12. The maximum absolute atomic E-state index is 6.29. The molecule has 0 aliphatic heterocycles. The number of hydrogen-bond donors (Lipinski definition) is 0. The third kappa shape index (κ3) is 17.8. The van der Waals surface area contributed by atoms with Crippen LogP contribution in [0.25, 0.3) is 22.3 Å². The highest BCUT2D eigenvalue weighted by Gasteiger charge is 2.37. The Morgan fingerprint density at radius 3 is 0.389 bits per heavy atom. The quantitative estimate of drug-likeness (QED) is 0.0600. The van der Waals surface area contributed by atoms with Crippen LogP contribution >= 0.6 is 31.7 Å². The van der Waals surface area contributed by atoms with E-state index >= 15 is 0 Å². The number of aromatic nitrogens is 4. The second-order valence-corrected chi connectivity index (χ2v) is 37.1. The summed E-state index contributed by atoms with van der Waals surface area (Å²) in [6, 6.07) is 63.1. The van der Waals surface area contributed by atoms with E-state index in [-0.39, 0.29) is 0 Å². The van der Waals surface area contributed by atoms with E-state index < -0.39 is 31.7 Å². The molecule has 0 unspecified atom stereocenters. The first kappa shape index (κ1) is 79.5. The Hall–Kier alpha value is -9.52. The molecule has 12 aromatic rings. The second kappa shape index (κ2) is 34.4. The molecule has 0 atom stereocenters. The monoisotopic (exact) mass is 1510 g/mol. The van der Waals surface area contributed by atoms with Crippen molar-refractivity contribution in [3.8, 4) is 69.3 Å². The average Bonchev–Trinajstić information content (AvgIpc) is 0.737. The summed E-state index contributed by atoms with van der Waals surface area (Å²) in [7, 11) is 8.52. The summed E-state index contributed by atoms with van der Waals surface area (Å²) >= 11 is 0. The maximum Gasteiger partial charge on any atom is 0.225 e. The molecule has 0 N–H and O–H groups in total. The molecule has 0 saturated carbocycles. The highest BCUT2D eigenvalue weighted by Crippen LogP contribution is 2.51. The Morgan fingerprint density at radius 2 is 0.287 bits per heavy atom. The lowest BCUT2D eigenvalue weighted by atomic mass is 10.1. The van der Waals surface area contributed by atoms with Gasteiger partial charge in [0.2, 0.25) is 47.0 Å². The first-order chi connectivity index (χ1) is 51.6. The van der Waals surface area contributed by atoms with Crippen LogP contribution in [0.4, 0.5) is 0 Å². The molecule has 4 heterocycles. The van der Waals surface area contributed by atoms with E-state index in [1.165, 1.54) is 131 Å². The predicted octanol–water partition coefficient (Wildman–Crippen LogP) is 16.3. The first-order valence-electron chi connectivity index (χ1n) is 36.0. The molecule has 8 aromatic carbocycles. The van der Waals surface area contributed by atoms with Crippen molar-refractivity contribution in [1.82, 2.24) is 19.9 Å². The number of aryl methyl sites for hydroxylation is 16. The summed E-state index contributed by atoms with van der Waals surface area (Å²) in [5.74, 6) is 3.64. The van der Waals surface area contributed by atoms with Crippen LogP contribution in [0, 0.1) is 111 Å². The minimum atomic E-state index is -1.20. The summed E-state index contributed by atoms with van der Waals surface area (Å²) in [4.78, 5) is 19.9. The smallest absolute Gasteiger partial charge is 0.225 e. The van der Waals surface area contributed by atoms with Crippen LogP contribution in [-0.4, -0.2) is 76.8 Å². The molecule has 108 heavy (non-hydrogen) atoms. The molecule has 0 aliphatic rings. The van der Waals surface area contributed by atoms with Crippen molar-refractivity contribution < 1.29 is 37.9 Å². The van der Waals surface area contributed by atoms with Gasteiger partial charge in [-0.1, -0.05) is 235 Å². The van der Waals surface area contributed by atoms with Gasteiger partial charge in [0.1, 0.15) is 0 Å². The molecule has 0 aliphatic carbocycles. The Balaban J connectivity index is 0.000000215. The molecule has 0 spiro atoms. The molecular weight excluding hydrogens is 1410 g/mol. The molecule has 0 amide bonds. The van der Waals surface area contributed by atoms with Crippen molar-refractivity contribution in [1.29, 1.82) is 0 Å². The van der Waals surface area contributed by atoms with E-state index in [1.807, 2.05) is 0 Å². The van der Waals surface area contributed by atoms with Crippen molar-refractivity contribution in [2.24, 2.45) is 0 Å². The highest BCUT2D eigenvalue weighted by molar-refractivity contribution is 7.81. The molecule has 12 rings (SSSR count). The second-order valence-electron chi connectivity index (χ2n) is 28.4. The normalized spacial score (nSPS) is 11.3. The summed E-state index contributed by atoms with van der Waals surface area (Å²) in [6.45, 7) is 34.6. The fourth-order valence-electron chi connectivity index (χ4n) is 14.9. The van der Waals surface area contributed by atoms with Crippen LogP contribution in [-0.2, 0) is 0 Å². The predicted molar refractivity (Wildman–Crippen MR) is 458 cm³/mol. The van der Waals surface area contributed by atoms with E-state index in [2.05, 4.69) is 281 Å². The molecule has 16 heteroatoms. The number of rotatable bonds is 22. The third-order valence-electron chi connectivity index (χ3n) is 18.6. The average molecular weight is 1510 g/mol. The minimum Gasteiger partial charge on any atom is -0.481 e. The van der Waals surface area contributed by atoms with E-state index in [4.69, 9.17) is 57.8 Å². The van der Waals surface area contributed by atoms with E-state index in [1.54, 1.807) is 56.9 Å². The standard InChI is InChI=1S/2C46H50N2O4P2/c2*1-27-13-28(2)18-35(17-27)53(36-19-29(3)14-30(4)20-36)39-25-41(49-9)47-45(51-11)43(39)44-40(26-42(50-10)48-46(44)52-12)54(37-21-31(5)15-32(6)22-37)38-23-33(7)16-34(8)24-38/h2*13-26H,1-12H3. The zero-order valence-corrected chi connectivity index (χ0v) is 70.6. The number of benzene rings is 8. The van der Waals surface area contributed by atoms with Crippen molar-refractivity contribution in [3.05, 3.63) is 259 Å². The van der Waals surface area contributed by atoms with Crippen LogP contribution in [0.1, 0.15) is 89.0 Å². The van der Waals surface area contributed by atoms with Crippen molar-refractivity contribution in [2.45, 2.75) is 111 Å². The maximum atomic E-state index is 6.29. The van der Waals surface area contributed by atoms with Crippen molar-refractivity contribution >= 4 is 95.3 Å². The lowest BCUT2D eigenvalue weighted by Gasteiger charge is -2.29. The molecular formula is C92H100N4O8P4. The molecule has 0 radical (unpaired) electrons. The van der Waals surface area contributed by atoms with Gasteiger partial charge in [-0.15, -0.1) is 0 Å². The fraction of sp³-hybridized carbons (Fsp3) is 0.261. The molecule has 12 nitrogen and oxygen atoms in total. The molecule has 0 bridgehead atoms. The van der Waals surface area contributed by atoms with Gasteiger partial charge in [-0.05, 0) is 185 Å². The number of methoxy groups -OCH3 is 8. The zero-order valence-electron chi connectivity index (χ0n) is 67.0. The van der Waals surface area contributed by atoms with E-state index in [0.29, 0.717) is 47.0 Å². The van der Waals surface area contributed by atoms with Crippen molar-refractivity contribution in [3.63, 3.8) is 0 Å². The highest BCUT2D eigenvalue weighted by atomic mass is 31.1. The van der Waals surface area contributed by atoms with E-state index in [9.17, 15) is 0 Å². The van der Waals surface area contributed by atoms with Crippen LogP contribution in [0.5, 0.6) is 47.0 Å². The largest absolute Gasteiger partial charge is 0.481 e. The van der Waals surface area contributed by atoms with Gasteiger partial charge in [-0.3, -0.25) is 0 Å². The number of ether oxygens (including phenoxy) is 8. The van der Waals surface area contributed by atoms with E-state index in [0.717, 1.165) is 43.5 Å². The molecule has 4 aromatic heterocycles. The SMILES string of the molecule is COc1cc(P(c2cc(C)cc(C)c2)c2cc(C)cc(C)c2)c(-c2c(P(c3cc(C)cc(C)c3)c3cc(C)cc(C)c3)cc(OC)nc2OC)c(OC)n1.COc1cc(P(c2cc(C)cc(C)c2)c2cc(C)cc(C)c2)c(-c2c(P(c3cc(C)cc(C)c3)c3cc(C)cc(C)c3)cc(OC)nc2OC)c(OC)n1. The molecule has 0 fully saturated rings. The Kier molecular flexibility index (Phi) is 25.3. The van der Waals surface area contributed by atoms with Crippen LogP contribution in [0.3, 0.4) is 0 Å². The molecule has 556 valence electrons. The number of nitrogens with zero attached hydrogens (tertiary/aromatic N) is 4. The number of pyridine rings is 4. The lowest BCUT2D eigenvalue weighted by molar-refractivity contribution is 0.362. The third-order valence-corrected chi connectivity index (χ3v) is 28.1. The van der Waals surface area contributed by atoms with Gasteiger partial charge in [-0.25, -0.2) is 0 Å². The Labute approximate surface area is 645 Å². The lowest BCUT2D eigenvalue weighted by Crippen LogP contribution is -2.28. The fourth-order valence-corrected chi connectivity index (χ4v) is 26.4. The summed E-state index contributed by atoms with van der Waals surface area (Å²) in [6.07, 6.45) is 0. The topological polar surface area (TPSA) is 125 Å². The summed E-state index contributed by atoms with van der Waals surface area (Å²) in [5.41, 5.74) is 22.5. The summed E-state index contributed by atoms with van der Waals surface area (Å²) in [5, 5.41) is 13.9. The minimum absolute atomic E-state index is 0.438. The van der Waals surface area contributed by atoms with Crippen LogP contribution in [0.2, 0.25) is 0 Å². The van der Waals surface area contributed by atoms with Gasteiger partial charge >= 0.3 is 0 Å². The van der Waals surface area contributed by atoms with Gasteiger partial charge in [-0.2, -0.15) is 19.9 Å².